The minimum absolute atomic E-state index is 0.155. The number of ether oxygens (including phenoxy) is 1. The van der Waals surface area contributed by atoms with E-state index in [1.807, 2.05) is 54.6 Å². The van der Waals surface area contributed by atoms with Gasteiger partial charge in [0.1, 0.15) is 16.9 Å². The molecule has 1 aromatic heterocycles. The first-order valence-electron chi connectivity index (χ1n) is 8.77. The van der Waals surface area contributed by atoms with Crippen molar-refractivity contribution in [2.45, 2.75) is 18.5 Å². The maximum Gasteiger partial charge on any atom is 0.241 e. The van der Waals surface area contributed by atoms with E-state index in [4.69, 9.17) is 16.3 Å². The maximum absolute atomic E-state index is 12.0. The van der Waals surface area contributed by atoms with Gasteiger partial charge in [-0.3, -0.25) is 10.1 Å². The molecule has 0 radical (unpaired) electrons. The minimum atomic E-state index is -0.939. The van der Waals surface area contributed by atoms with E-state index in [0.717, 1.165) is 17.0 Å². The highest BCUT2D eigenvalue weighted by molar-refractivity contribution is 6.30. The third-order valence-electron chi connectivity index (χ3n) is 4.49. The summed E-state index contributed by atoms with van der Waals surface area (Å²) in [6.45, 7) is 0. The molecule has 0 spiro atoms. The monoisotopic (exact) mass is 397 g/mol. The second-order valence-electron chi connectivity index (χ2n) is 6.27. The predicted octanol–water partition coefficient (Wildman–Crippen LogP) is 4.78. The van der Waals surface area contributed by atoms with Gasteiger partial charge in [0.15, 0.2) is 0 Å². The number of methoxy groups -OCH3 is 1. The average Bonchev–Trinajstić information content (AvgIpc) is 2.72. The number of hydrogen-bond acceptors (Lipinski definition) is 5. The molecule has 0 saturated heterocycles. The van der Waals surface area contributed by atoms with Crippen LogP contribution in [0.25, 0.3) is 0 Å². The first-order chi connectivity index (χ1) is 13.6. The van der Waals surface area contributed by atoms with Gasteiger partial charge < -0.3 is 10.1 Å². The van der Waals surface area contributed by atoms with Crippen LogP contribution in [0.2, 0.25) is 5.15 Å². The zero-order valence-corrected chi connectivity index (χ0v) is 16.0. The Kier molecular flexibility index (Phi) is 6.45. The Morgan fingerprint density at radius 1 is 1.11 bits per heavy atom. The molecule has 1 N–H and O–H groups in total. The number of nitrogens with one attached hydrogen (secondary N) is 1. The van der Waals surface area contributed by atoms with Gasteiger partial charge in [-0.1, -0.05) is 48.0 Å². The summed E-state index contributed by atoms with van der Waals surface area (Å²) < 4.78 is 5.18. The number of anilines is 1. The normalized spacial score (nSPS) is 12.8. The Balaban J connectivity index is 1.95. The number of pyridine rings is 1. The summed E-state index contributed by atoms with van der Waals surface area (Å²) in [6, 6.07) is 18.7. The van der Waals surface area contributed by atoms with Gasteiger partial charge >= 0.3 is 0 Å². The molecule has 1 heterocycles. The molecule has 3 rings (SSSR count). The Labute approximate surface area is 168 Å². The molecule has 3 aromatic rings. The molecule has 0 amide bonds. The lowest BCUT2D eigenvalue weighted by molar-refractivity contribution is -0.525. The first-order valence-corrected chi connectivity index (χ1v) is 9.14. The molecule has 144 valence electrons. The molecule has 28 heavy (non-hydrogen) atoms. The van der Waals surface area contributed by atoms with Crippen molar-refractivity contribution in [2.24, 2.45) is 0 Å². The van der Waals surface area contributed by atoms with E-state index < -0.39 is 12.1 Å². The van der Waals surface area contributed by atoms with Crippen LogP contribution in [0.4, 0.5) is 5.69 Å². The molecule has 2 atom stereocenters. The SMILES string of the molecule is COc1ccc(N[C@H](c2ccccc2)[C@H](Cc2cccnc2Cl)[N+](=O)[O-])cc1. The fourth-order valence-corrected chi connectivity index (χ4v) is 3.24. The molecule has 0 aliphatic heterocycles. The van der Waals surface area contributed by atoms with Gasteiger partial charge in [-0.25, -0.2) is 4.98 Å². The van der Waals surface area contributed by atoms with Crippen LogP contribution in [0, 0.1) is 10.1 Å². The van der Waals surface area contributed by atoms with Crippen LogP contribution in [0.3, 0.4) is 0 Å². The molecule has 0 unspecified atom stereocenters. The summed E-state index contributed by atoms with van der Waals surface area (Å²) in [5.74, 6) is 0.717. The van der Waals surface area contributed by atoms with Crippen LogP contribution in [-0.2, 0) is 6.42 Å². The quantitative estimate of drug-likeness (QED) is 0.336. The highest BCUT2D eigenvalue weighted by Gasteiger charge is 2.33. The zero-order chi connectivity index (χ0) is 19.9. The minimum Gasteiger partial charge on any atom is -0.497 e. The van der Waals surface area contributed by atoms with Crippen LogP contribution >= 0.6 is 11.6 Å². The van der Waals surface area contributed by atoms with Crippen molar-refractivity contribution in [3.05, 3.63) is 99.3 Å². The Morgan fingerprint density at radius 2 is 1.82 bits per heavy atom. The number of aromatic nitrogens is 1. The van der Waals surface area contributed by atoms with Gasteiger partial charge in [-0.15, -0.1) is 0 Å². The Hall–Kier alpha value is -3.12. The van der Waals surface area contributed by atoms with Crippen molar-refractivity contribution in [2.75, 3.05) is 12.4 Å². The standard InChI is InChI=1S/C21H20ClN3O3/c1-28-18-11-9-17(10-12-18)24-20(15-6-3-2-4-7-15)19(25(26)27)14-16-8-5-13-23-21(16)22/h2-13,19-20,24H,14H2,1H3/t19-,20+/m0/s1. The number of benzene rings is 2. The van der Waals surface area contributed by atoms with Crippen LogP contribution in [0.1, 0.15) is 17.2 Å². The Bertz CT molecular complexity index is 920. The van der Waals surface area contributed by atoms with E-state index in [2.05, 4.69) is 10.3 Å². The predicted molar refractivity (Wildman–Crippen MR) is 110 cm³/mol. The third-order valence-corrected chi connectivity index (χ3v) is 4.83. The lowest BCUT2D eigenvalue weighted by Gasteiger charge is -2.24. The van der Waals surface area contributed by atoms with Crippen molar-refractivity contribution in [1.29, 1.82) is 0 Å². The number of hydrogen-bond donors (Lipinski definition) is 1. The van der Waals surface area contributed by atoms with E-state index in [0.29, 0.717) is 5.56 Å². The summed E-state index contributed by atoms with van der Waals surface area (Å²) in [7, 11) is 1.59. The molecular formula is C21H20ClN3O3. The molecule has 0 aliphatic rings. The molecule has 2 aromatic carbocycles. The summed E-state index contributed by atoms with van der Waals surface area (Å²) in [5.41, 5.74) is 2.22. The van der Waals surface area contributed by atoms with E-state index in [9.17, 15) is 10.1 Å². The molecule has 0 saturated carbocycles. The summed E-state index contributed by atoms with van der Waals surface area (Å²) >= 11 is 6.15. The maximum atomic E-state index is 12.0. The summed E-state index contributed by atoms with van der Waals surface area (Å²) in [4.78, 5) is 15.8. The van der Waals surface area contributed by atoms with Gasteiger partial charge in [-0.2, -0.15) is 0 Å². The number of nitro groups is 1. The molecule has 0 fully saturated rings. The van der Waals surface area contributed by atoms with Crippen molar-refractivity contribution in [3.63, 3.8) is 0 Å². The highest BCUT2D eigenvalue weighted by atomic mass is 35.5. The lowest BCUT2D eigenvalue weighted by atomic mass is 9.94. The lowest BCUT2D eigenvalue weighted by Crippen LogP contribution is -2.34. The van der Waals surface area contributed by atoms with Crippen molar-refractivity contribution < 1.29 is 9.66 Å². The van der Waals surface area contributed by atoms with Gasteiger partial charge in [0.05, 0.1) is 7.11 Å². The van der Waals surface area contributed by atoms with Crippen LogP contribution < -0.4 is 10.1 Å². The second-order valence-corrected chi connectivity index (χ2v) is 6.63. The number of halogens is 1. The smallest absolute Gasteiger partial charge is 0.241 e. The molecule has 0 aliphatic carbocycles. The molecule has 6 nitrogen and oxygen atoms in total. The third kappa shape index (κ3) is 4.78. The Morgan fingerprint density at radius 3 is 2.43 bits per heavy atom. The van der Waals surface area contributed by atoms with Gasteiger partial charge in [0.2, 0.25) is 6.04 Å². The van der Waals surface area contributed by atoms with Crippen LogP contribution in [-0.4, -0.2) is 23.1 Å². The summed E-state index contributed by atoms with van der Waals surface area (Å²) in [6.07, 6.45) is 1.72. The first kappa shape index (κ1) is 19.6. The van der Waals surface area contributed by atoms with E-state index >= 15 is 0 Å². The van der Waals surface area contributed by atoms with Crippen LogP contribution in [0.5, 0.6) is 5.75 Å². The van der Waals surface area contributed by atoms with Crippen molar-refractivity contribution in [1.82, 2.24) is 4.98 Å². The molecule has 0 bridgehead atoms. The molecular weight excluding hydrogens is 378 g/mol. The van der Waals surface area contributed by atoms with Crippen LogP contribution in [0.15, 0.2) is 72.9 Å². The fraction of sp³-hybridized carbons (Fsp3) is 0.190. The number of rotatable bonds is 8. The van der Waals surface area contributed by atoms with E-state index in [-0.39, 0.29) is 16.5 Å². The fourth-order valence-electron chi connectivity index (χ4n) is 3.04. The zero-order valence-electron chi connectivity index (χ0n) is 15.3. The summed E-state index contributed by atoms with van der Waals surface area (Å²) in [5, 5.41) is 15.6. The largest absolute Gasteiger partial charge is 0.497 e. The number of nitrogens with zero attached hydrogens (tertiary/aromatic N) is 2. The van der Waals surface area contributed by atoms with Crippen molar-refractivity contribution in [3.8, 4) is 5.75 Å². The average molecular weight is 398 g/mol. The van der Waals surface area contributed by atoms with Gasteiger partial charge in [-0.05, 0) is 41.5 Å². The second kappa shape index (κ2) is 9.19. The highest BCUT2D eigenvalue weighted by Crippen LogP contribution is 2.28. The van der Waals surface area contributed by atoms with Gasteiger partial charge in [0.25, 0.3) is 0 Å². The van der Waals surface area contributed by atoms with Crippen molar-refractivity contribution >= 4 is 17.3 Å². The molecule has 7 heteroatoms. The van der Waals surface area contributed by atoms with Gasteiger partial charge in [0, 0.05) is 23.2 Å². The topological polar surface area (TPSA) is 77.3 Å². The van der Waals surface area contributed by atoms with E-state index in [1.54, 1.807) is 25.4 Å². The van der Waals surface area contributed by atoms with E-state index in [1.165, 1.54) is 0 Å².